The van der Waals surface area contributed by atoms with Crippen LogP contribution in [-0.4, -0.2) is 9.13 Å². The van der Waals surface area contributed by atoms with Gasteiger partial charge in [0.2, 0.25) is 0 Å². The van der Waals surface area contributed by atoms with Crippen molar-refractivity contribution >= 4 is 49.3 Å². The van der Waals surface area contributed by atoms with Gasteiger partial charge in [-0.3, -0.25) is 0 Å². The first-order chi connectivity index (χ1) is 20.7. The summed E-state index contributed by atoms with van der Waals surface area (Å²) in [5.41, 5.74) is 9.54. The minimum absolute atomic E-state index is 0. The summed E-state index contributed by atoms with van der Waals surface area (Å²) in [7, 11) is 0. The molecule has 0 N–H and O–H groups in total. The molecule has 0 amide bonds. The van der Waals surface area contributed by atoms with Crippen LogP contribution in [0, 0.1) is 17.9 Å². The SMILES string of the molecule is C.[C-]#[N+]c1ccc2c(c1)c1ccccc1n2-c1cc(C#N)cc(-c2cccc(-n3c4ccccc4c4ccccc43)c2)c1. The molecule has 8 aromatic rings. The topological polar surface area (TPSA) is 38.0 Å². The van der Waals surface area contributed by atoms with E-state index in [1.165, 1.54) is 10.8 Å². The summed E-state index contributed by atoms with van der Waals surface area (Å²) in [5.74, 6) is 0. The lowest BCUT2D eigenvalue weighted by Crippen LogP contribution is -1.97. The van der Waals surface area contributed by atoms with Gasteiger partial charge in [-0.25, -0.2) is 4.85 Å². The van der Waals surface area contributed by atoms with E-state index >= 15 is 0 Å². The van der Waals surface area contributed by atoms with Crippen LogP contribution in [0.15, 0.2) is 133 Å². The van der Waals surface area contributed by atoms with Crippen LogP contribution in [0.3, 0.4) is 0 Å². The average molecular weight is 551 g/mol. The summed E-state index contributed by atoms with van der Waals surface area (Å²) >= 11 is 0. The third-order valence-corrected chi connectivity index (χ3v) is 8.11. The van der Waals surface area contributed by atoms with E-state index in [1.807, 2.05) is 42.5 Å². The molecule has 0 aliphatic carbocycles. The van der Waals surface area contributed by atoms with Crippen LogP contribution in [0.25, 0.3) is 71.0 Å². The van der Waals surface area contributed by atoms with Crippen molar-refractivity contribution in [2.45, 2.75) is 7.43 Å². The average Bonchev–Trinajstić information content (AvgIpc) is 3.57. The maximum Gasteiger partial charge on any atom is 0.188 e. The van der Waals surface area contributed by atoms with Gasteiger partial charge in [0.25, 0.3) is 0 Å². The van der Waals surface area contributed by atoms with Gasteiger partial charge in [-0.2, -0.15) is 5.26 Å². The van der Waals surface area contributed by atoms with Gasteiger partial charge in [-0.05, 0) is 77.2 Å². The molecule has 2 heterocycles. The fourth-order valence-electron chi connectivity index (χ4n) is 6.31. The Bertz CT molecular complexity index is 2390. The zero-order valence-electron chi connectivity index (χ0n) is 22.5. The number of nitrogens with zero attached hydrogens (tertiary/aromatic N) is 4. The van der Waals surface area contributed by atoms with E-state index in [9.17, 15) is 5.26 Å². The van der Waals surface area contributed by atoms with Gasteiger partial charge in [-0.1, -0.05) is 80.2 Å². The lowest BCUT2D eigenvalue weighted by atomic mass is 10.0. The summed E-state index contributed by atoms with van der Waals surface area (Å²) in [6, 6.07) is 48.0. The Labute approximate surface area is 249 Å². The second-order valence-electron chi connectivity index (χ2n) is 10.5. The van der Waals surface area contributed by atoms with E-state index in [2.05, 4.69) is 111 Å². The highest BCUT2D eigenvalue weighted by atomic mass is 15.0. The van der Waals surface area contributed by atoms with Gasteiger partial charge >= 0.3 is 0 Å². The maximum absolute atomic E-state index is 10.1. The smallest absolute Gasteiger partial charge is 0.188 e. The number of hydrogen-bond donors (Lipinski definition) is 0. The second-order valence-corrected chi connectivity index (χ2v) is 10.5. The summed E-state index contributed by atoms with van der Waals surface area (Å²) in [4.78, 5) is 3.65. The highest BCUT2D eigenvalue weighted by molar-refractivity contribution is 6.11. The molecule has 0 aliphatic heterocycles. The Morgan fingerprint density at radius 3 is 1.70 bits per heavy atom. The molecule has 0 bridgehead atoms. The summed E-state index contributed by atoms with van der Waals surface area (Å²) in [6.45, 7) is 7.51. The lowest BCUT2D eigenvalue weighted by molar-refractivity contribution is 1.17. The minimum Gasteiger partial charge on any atom is -0.309 e. The van der Waals surface area contributed by atoms with E-state index in [0.29, 0.717) is 11.3 Å². The number of rotatable bonds is 3. The lowest BCUT2D eigenvalue weighted by Gasteiger charge is -2.13. The molecule has 0 saturated heterocycles. The molecular weight excluding hydrogens is 524 g/mol. The molecule has 0 saturated carbocycles. The van der Waals surface area contributed by atoms with Gasteiger partial charge in [0.15, 0.2) is 5.69 Å². The zero-order chi connectivity index (χ0) is 28.2. The molecule has 0 aliphatic rings. The number of nitriles is 1. The molecule has 0 spiro atoms. The predicted molar refractivity (Wildman–Crippen MR) is 178 cm³/mol. The maximum atomic E-state index is 10.1. The fourth-order valence-corrected chi connectivity index (χ4v) is 6.31. The molecule has 6 aromatic carbocycles. The summed E-state index contributed by atoms with van der Waals surface area (Å²) in [6.07, 6.45) is 0. The van der Waals surface area contributed by atoms with Crippen LogP contribution in [-0.2, 0) is 0 Å². The van der Waals surface area contributed by atoms with Crippen LogP contribution < -0.4 is 0 Å². The molecule has 4 nitrogen and oxygen atoms in total. The van der Waals surface area contributed by atoms with Crippen molar-refractivity contribution < 1.29 is 0 Å². The monoisotopic (exact) mass is 550 g/mol. The van der Waals surface area contributed by atoms with Crippen molar-refractivity contribution in [2.24, 2.45) is 0 Å². The van der Waals surface area contributed by atoms with Gasteiger partial charge in [-0.15, -0.1) is 0 Å². The van der Waals surface area contributed by atoms with Crippen molar-refractivity contribution in [1.82, 2.24) is 9.13 Å². The number of para-hydroxylation sites is 3. The van der Waals surface area contributed by atoms with Crippen LogP contribution in [0.5, 0.6) is 0 Å². The Balaban J connectivity index is 0.00000300. The molecular formula is C39H26N4. The summed E-state index contributed by atoms with van der Waals surface area (Å²) < 4.78 is 4.50. The largest absolute Gasteiger partial charge is 0.309 e. The van der Waals surface area contributed by atoms with Crippen molar-refractivity contribution in [3.8, 4) is 28.6 Å². The number of hydrogen-bond acceptors (Lipinski definition) is 1. The van der Waals surface area contributed by atoms with Crippen LogP contribution >= 0.6 is 0 Å². The van der Waals surface area contributed by atoms with E-state index in [0.717, 1.165) is 55.3 Å². The Kier molecular flexibility index (Phi) is 6.05. The Morgan fingerprint density at radius 2 is 1.07 bits per heavy atom. The van der Waals surface area contributed by atoms with Crippen LogP contribution in [0.1, 0.15) is 13.0 Å². The first kappa shape index (κ1) is 25.8. The quantitative estimate of drug-likeness (QED) is 0.202. The molecule has 2 aromatic heterocycles. The van der Waals surface area contributed by atoms with Crippen LogP contribution in [0.4, 0.5) is 5.69 Å². The fraction of sp³-hybridized carbons (Fsp3) is 0.0256. The van der Waals surface area contributed by atoms with E-state index in [4.69, 9.17) is 6.57 Å². The third kappa shape index (κ3) is 3.97. The number of aromatic nitrogens is 2. The standard InChI is InChI=1S/C38H22N4.CH4/c1-40-28-17-18-38-34(23-28)33-13-4-7-16-37(33)42(38)30-20-25(24-39)19-27(22-30)26-9-8-10-29(21-26)41-35-14-5-2-11-31(35)32-12-3-6-15-36(32)41;/h2-23H;1H4. The molecule has 43 heavy (non-hydrogen) atoms. The molecule has 202 valence electrons. The molecule has 0 fully saturated rings. The highest BCUT2D eigenvalue weighted by Crippen LogP contribution is 2.37. The van der Waals surface area contributed by atoms with Crippen molar-refractivity contribution in [2.75, 3.05) is 0 Å². The molecule has 4 heteroatoms. The predicted octanol–water partition coefficient (Wildman–Crippen LogP) is 10.6. The van der Waals surface area contributed by atoms with Crippen molar-refractivity contribution in [3.05, 3.63) is 150 Å². The normalized spacial score (nSPS) is 11.0. The van der Waals surface area contributed by atoms with Gasteiger partial charge < -0.3 is 9.13 Å². The van der Waals surface area contributed by atoms with Crippen LogP contribution in [0.2, 0.25) is 0 Å². The minimum atomic E-state index is 0. The van der Waals surface area contributed by atoms with E-state index in [1.54, 1.807) is 0 Å². The van der Waals surface area contributed by atoms with Crippen molar-refractivity contribution in [1.29, 1.82) is 5.26 Å². The number of benzene rings is 6. The first-order valence-electron chi connectivity index (χ1n) is 13.8. The van der Waals surface area contributed by atoms with Crippen molar-refractivity contribution in [3.63, 3.8) is 0 Å². The van der Waals surface area contributed by atoms with Gasteiger partial charge in [0.05, 0.1) is 40.3 Å². The zero-order valence-corrected chi connectivity index (χ0v) is 22.5. The van der Waals surface area contributed by atoms with Gasteiger partial charge in [0, 0.05) is 27.5 Å². The Hall–Kier alpha value is -6.10. The molecule has 8 rings (SSSR count). The third-order valence-electron chi connectivity index (χ3n) is 8.11. The van der Waals surface area contributed by atoms with E-state index < -0.39 is 0 Å². The molecule has 0 unspecified atom stereocenters. The number of fused-ring (bicyclic) bond motifs is 6. The Morgan fingerprint density at radius 1 is 0.512 bits per heavy atom. The molecule has 0 radical (unpaired) electrons. The highest BCUT2D eigenvalue weighted by Gasteiger charge is 2.16. The van der Waals surface area contributed by atoms with Gasteiger partial charge in [0.1, 0.15) is 0 Å². The van der Waals surface area contributed by atoms with E-state index in [-0.39, 0.29) is 7.43 Å². The first-order valence-corrected chi connectivity index (χ1v) is 13.8. The summed E-state index contributed by atoms with van der Waals surface area (Å²) in [5, 5.41) is 14.6. The second kappa shape index (κ2) is 10.1. The molecule has 0 atom stereocenters.